The van der Waals surface area contributed by atoms with Crippen LogP contribution < -0.4 is 4.80 Å². The molecule has 0 aliphatic carbocycles. The van der Waals surface area contributed by atoms with E-state index < -0.39 is 0 Å². The quantitative estimate of drug-likeness (QED) is 0.557. The van der Waals surface area contributed by atoms with Crippen molar-refractivity contribution in [2.24, 2.45) is 4.99 Å². The zero-order valence-electron chi connectivity index (χ0n) is 12.9. The highest BCUT2D eigenvalue weighted by atomic mass is 32.1. The Kier molecular flexibility index (Phi) is 4.90. The van der Waals surface area contributed by atoms with E-state index in [1.807, 2.05) is 18.2 Å². The van der Waals surface area contributed by atoms with Gasteiger partial charge < -0.3 is 4.57 Å². The van der Waals surface area contributed by atoms with Crippen LogP contribution in [0.2, 0.25) is 0 Å². The lowest BCUT2D eigenvalue weighted by atomic mass is 10.1. The maximum Gasteiger partial charge on any atom is 0.190 e. The molecule has 0 aliphatic rings. The summed E-state index contributed by atoms with van der Waals surface area (Å²) in [6.45, 7) is 4.51. The summed E-state index contributed by atoms with van der Waals surface area (Å²) in [6, 6.07) is 15.0. The van der Waals surface area contributed by atoms with Crippen molar-refractivity contribution >= 4 is 28.4 Å². The van der Waals surface area contributed by atoms with Gasteiger partial charge in [-0.2, -0.15) is 0 Å². The smallest absolute Gasteiger partial charge is 0.190 e. The van der Waals surface area contributed by atoms with Crippen LogP contribution in [0.3, 0.4) is 0 Å². The molecule has 1 aromatic carbocycles. The molecule has 0 amide bonds. The molecule has 2 heterocycles. The van der Waals surface area contributed by atoms with E-state index in [0.717, 1.165) is 23.3 Å². The molecule has 3 rings (SSSR count). The molecule has 4 heteroatoms. The van der Waals surface area contributed by atoms with Crippen LogP contribution in [0.1, 0.15) is 32.7 Å². The number of nitrogens with zero attached hydrogens (tertiary/aromatic N) is 2. The normalized spacial score (nSPS) is 12.2. The highest BCUT2D eigenvalue weighted by Crippen LogP contribution is 2.29. The van der Waals surface area contributed by atoms with E-state index in [1.165, 1.54) is 10.6 Å². The Hall–Kier alpha value is -1.65. The SMILES string of the molecule is CCC(CC)n1c(-c2cccs2)csc1=Nc1ccccc1. The molecule has 0 atom stereocenters. The molecule has 114 valence electrons. The molecule has 2 aromatic heterocycles. The number of aromatic nitrogens is 1. The molecule has 3 aromatic rings. The number of hydrogen-bond donors (Lipinski definition) is 0. The van der Waals surface area contributed by atoms with Crippen LogP contribution in [-0.4, -0.2) is 4.57 Å². The van der Waals surface area contributed by atoms with Crippen LogP contribution in [-0.2, 0) is 0 Å². The second-order valence-electron chi connectivity index (χ2n) is 5.17. The first-order valence-electron chi connectivity index (χ1n) is 7.67. The molecular formula is C18H20N2S2. The molecule has 0 N–H and O–H groups in total. The second-order valence-corrected chi connectivity index (χ2v) is 6.95. The van der Waals surface area contributed by atoms with Gasteiger partial charge in [-0.05, 0) is 36.4 Å². The van der Waals surface area contributed by atoms with E-state index in [-0.39, 0.29) is 0 Å². The Morgan fingerprint density at radius 2 is 1.77 bits per heavy atom. The fourth-order valence-electron chi connectivity index (χ4n) is 2.63. The van der Waals surface area contributed by atoms with Crippen LogP contribution >= 0.6 is 22.7 Å². The van der Waals surface area contributed by atoms with E-state index in [0.29, 0.717) is 6.04 Å². The Bertz CT molecular complexity index is 763. The molecule has 0 unspecified atom stereocenters. The lowest BCUT2D eigenvalue weighted by molar-refractivity contribution is 0.467. The van der Waals surface area contributed by atoms with Crippen molar-refractivity contribution in [1.29, 1.82) is 0 Å². The number of thiazole rings is 1. The number of benzene rings is 1. The van der Waals surface area contributed by atoms with Gasteiger partial charge in [0.1, 0.15) is 0 Å². The monoisotopic (exact) mass is 328 g/mol. The van der Waals surface area contributed by atoms with Gasteiger partial charge >= 0.3 is 0 Å². The van der Waals surface area contributed by atoms with Crippen LogP contribution in [0.5, 0.6) is 0 Å². The molecule has 22 heavy (non-hydrogen) atoms. The lowest BCUT2D eigenvalue weighted by Gasteiger charge is -2.17. The summed E-state index contributed by atoms with van der Waals surface area (Å²) in [5.74, 6) is 0. The summed E-state index contributed by atoms with van der Waals surface area (Å²) in [5.41, 5.74) is 2.31. The van der Waals surface area contributed by atoms with Crippen molar-refractivity contribution in [2.45, 2.75) is 32.7 Å². The van der Waals surface area contributed by atoms with Crippen molar-refractivity contribution in [3.05, 3.63) is 58.0 Å². The third-order valence-corrected chi connectivity index (χ3v) is 5.54. The molecular weight excluding hydrogens is 308 g/mol. The van der Waals surface area contributed by atoms with Gasteiger partial charge in [-0.1, -0.05) is 38.1 Å². The number of para-hydroxylation sites is 1. The number of rotatable bonds is 5. The van der Waals surface area contributed by atoms with Crippen molar-refractivity contribution in [1.82, 2.24) is 4.57 Å². The molecule has 0 bridgehead atoms. The van der Waals surface area contributed by atoms with Crippen LogP contribution in [0.4, 0.5) is 5.69 Å². The minimum absolute atomic E-state index is 0.491. The molecule has 2 nitrogen and oxygen atoms in total. The van der Waals surface area contributed by atoms with Gasteiger partial charge in [-0.15, -0.1) is 22.7 Å². The Labute approximate surface area is 139 Å². The van der Waals surface area contributed by atoms with Gasteiger partial charge in [0.05, 0.1) is 16.3 Å². The topological polar surface area (TPSA) is 17.3 Å². The Morgan fingerprint density at radius 3 is 2.41 bits per heavy atom. The molecule has 0 radical (unpaired) electrons. The minimum Gasteiger partial charge on any atom is -0.313 e. The predicted molar refractivity (Wildman–Crippen MR) is 96.9 cm³/mol. The largest absolute Gasteiger partial charge is 0.313 e. The van der Waals surface area contributed by atoms with Crippen molar-refractivity contribution in [3.63, 3.8) is 0 Å². The fraction of sp³-hybridized carbons (Fsp3) is 0.278. The second kappa shape index (κ2) is 7.07. The van der Waals surface area contributed by atoms with E-state index in [9.17, 15) is 0 Å². The summed E-state index contributed by atoms with van der Waals surface area (Å²) >= 11 is 3.52. The summed E-state index contributed by atoms with van der Waals surface area (Å²) < 4.78 is 2.42. The summed E-state index contributed by atoms with van der Waals surface area (Å²) in [5, 5.41) is 4.38. The van der Waals surface area contributed by atoms with E-state index in [1.54, 1.807) is 22.7 Å². The minimum atomic E-state index is 0.491. The maximum absolute atomic E-state index is 4.87. The third-order valence-electron chi connectivity index (χ3n) is 3.80. The Balaban J connectivity index is 2.17. The molecule has 0 spiro atoms. The van der Waals surface area contributed by atoms with Gasteiger partial charge in [0.15, 0.2) is 4.80 Å². The van der Waals surface area contributed by atoms with Gasteiger partial charge in [0.2, 0.25) is 0 Å². The Morgan fingerprint density at radius 1 is 1.00 bits per heavy atom. The summed E-state index contributed by atoms with van der Waals surface area (Å²) in [7, 11) is 0. The van der Waals surface area contributed by atoms with Crippen molar-refractivity contribution < 1.29 is 0 Å². The highest BCUT2D eigenvalue weighted by Gasteiger charge is 2.15. The van der Waals surface area contributed by atoms with E-state index in [2.05, 4.69) is 53.4 Å². The molecule has 0 aliphatic heterocycles. The molecule has 0 saturated carbocycles. The lowest BCUT2D eigenvalue weighted by Crippen LogP contribution is -2.20. The number of thiophene rings is 1. The standard InChI is InChI=1S/C18H20N2S2/c1-3-15(4-2)20-16(17-11-8-12-21-17)13-22-18(20)19-14-9-6-5-7-10-14/h5-13,15H,3-4H2,1-2H3. The summed E-state index contributed by atoms with van der Waals surface area (Å²) in [6.07, 6.45) is 2.24. The van der Waals surface area contributed by atoms with Crippen molar-refractivity contribution in [3.8, 4) is 10.6 Å². The average Bonchev–Trinajstić information content (AvgIpc) is 3.20. The fourth-order valence-corrected chi connectivity index (χ4v) is 4.42. The van der Waals surface area contributed by atoms with Crippen LogP contribution in [0, 0.1) is 0 Å². The zero-order chi connectivity index (χ0) is 15.4. The van der Waals surface area contributed by atoms with Gasteiger partial charge in [0, 0.05) is 11.4 Å². The predicted octanol–water partition coefficient (Wildman–Crippen LogP) is 5.87. The van der Waals surface area contributed by atoms with Crippen LogP contribution in [0.25, 0.3) is 10.6 Å². The summed E-state index contributed by atoms with van der Waals surface area (Å²) in [4.78, 5) is 7.28. The molecule has 0 fully saturated rings. The number of hydrogen-bond acceptors (Lipinski definition) is 3. The first kappa shape index (κ1) is 15.3. The average molecular weight is 329 g/mol. The van der Waals surface area contributed by atoms with Gasteiger partial charge in [0.25, 0.3) is 0 Å². The highest BCUT2D eigenvalue weighted by molar-refractivity contribution is 7.14. The van der Waals surface area contributed by atoms with Gasteiger partial charge in [-0.25, -0.2) is 4.99 Å². The zero-order valence-corrected chi connectivity index (χ0v) is 14.5. The van der Waals surface area contributed by atoms with Gasteiger partial charge in [-0.3, -0.25) is 0 Å². The first-order valence-corrected chi connectivity index (χ1v) is 9.43. The molecule has 0 saturated heterocycles. The van der Waals surface area contributed by atoms with E-state index >= 15 is 0 Å². The third kappa shape index (κ3) is 3.08. The first-order chi connectivity index (χ1) is 10.8. The van der Waals surface area contributed by atoms with E-state index in [4.69, 9.17) is 4.99 Å². The van der Waals surface area contributed by atoms with Crippen molar-refractivity contribution in [2.75, 3.05) is 0 Å². The maximum atomic E-state index is 4.87. The van der Waals surface area contributed by atoms with Crippen LogP contribution in [0.15, 0.2) is 58.2 Å².